The molecule has 0 aliphatic heterocycles. The quantitative estimate of drug-likeness (QED) is 0.571. The Balaban J connectivity index is 1.70. The van der Waals surface area contributed by atoms with E-state index in [0.717, 1.165) is 12.1 Å². The first kappa shape index (κ1) is 18.5. The Morgan fingerprint density at radius 3 is 2.60 bits per heavy atom. The van der Waals surface area contributed by atoms with E-state index in [-0.39, 0.29) is 18.4 Å². The normalized spacial score (nSPS) is 10.3. The maximum absolute atomic E-state index is 11.9. The van der Waals surface area contributed by atoms with E-state index in [1.165, 1.54) is 0 Å². The minimum Gasteiger partial charge on any atom is -0.467 e. The third kappa shape index (κ3) is 6.68. The van der Waals surface area contributed by atoms with Crippen molar-refractivity contribution in [3.05, 3.63) is 54.0 Å². The number of carbonyl (C=O) groups is 2. The molecule has 2 aromatic rings. The summed E-state index contributed by atoms with van der Waals surface area (Å²) in [6.07, 6.45) is 2.34. The van der Waals surface area contributed by atoms with Gasteiger partial charge in [-0.3, -0.25) is 9.59 Å². The van der Waals surface area contributed by atoms with Crippen molar-refractivity contribution >= 4 is 17.5 Å². The maximum Gasteiger partial charge on any atom is 0.251 e. The predicted molar refractivity (Wildman–Crippen MR) is 94.3 cm³/mol. The molecule has 134 valence electrons. The highest BCUT2D eigenvalue weighted by Gasteiger charge is 2.06. The number of hydrogen-bond acceptors (Lipinski definition) is 5. The van der Waals surface area contributed by atoms with Gasteiger partial charge in [-0.1, -0.05) is 0 Å². The molecule has 0 spiro atoms. The number of methoxy groups -OCH3 is 1. The minimum atomic E-state index is -0.142. The number of rotatable bonds is 10. The molecule has 0 radical (unpaired) electrons. The molecule has 25 heavy (non-hydrogen) atoms. The Kier molecular flexibility index (Phi) is 7.52. The number of ether oxygens (including phenoxy) is 1. The first-order valence-corrected chi connectivity index (χ1v) is 8.09. The van der Waals surface area contributed by atoms with E-state index in [9.17, 15) is 9.59 Å². The predicted octanol–water partition coefficient (Wildman–Crippen LogP) is 1.77. The van der Waals surface area contributed by atoms with Crippen molar-refractivity contribution in [1.29, 1.82) is 0 Å². The van der Waals surface area contributed by atoms with Gasteiger partial charge in [-0.05, 0) is 42.8 Å². The molecular formula is C18H23N3O4. The van der Waals surface area contributed by atoms with Crippen molar-refractivity contribution < 1.29 is 18.7 Å². The molecule has 0 unspecified atom stereocenters. The molecule has 2 amide bonds. The Hall–Kier alpha value is -2.80. The average Bonchev–Trinajstić information content (AvgIpc) is 3.15. The Bertz CT molecular complexity index is 653. The van der Waals surface area contributed by atoms with Crippen molar-refractivity contribution in [3.8, 4) is 0 Å². The summed E-state index contributed by atoms with van der Waals surface area (Å²) in [6.45, 7) is 1.69. The summed E-state index contributed by atoms with van der Waals surface area (Å²) in [5, 5.41) is 8.58. The second-order valence-electron chi connectivity index (χ2n) is 5.39. The van der Waals surface area contributed by atoms with Crippen LogP contribution in [0.2, 0.25) is 0 Å². The van der Waals surface area contributed by atoms with E-state index >= 15 is 0 Å². The molecule has 1 heterocycles. The van der Waals surface area contributed by atoms with Crippen LogP contribution in [0.15, 0.2) is 47.1 Å². The van der Waals surface area contributed by atoms with Gasteiger partial charge in [-0.2, -0.15) is 0 Å². The molecule has 7 nitrogen and oxygen atoms in total. The SMILES string of the molecule is COCCCNC(=O)c1ccc(NCC(=O)NCc2ccco2)cc1. The fourth-order valence-corrected chi connectivity index (χ4v) is 2.10. The van der Waals surface area contributed by atoms with E-state index in [4.69, 9.17) is 9.15 Å². The van der Waals surface area contributed by atoms with Gasteiger partial charge in [-0.15, -0.1) is 0 Å². The number of benzene rings is 1. The van der Waals surface area contributed by atoms with Crippen LogP contribution >= 0.6 is 0 Å². The van der Waals surface area contributed by atoms with Gasteiger partial charge in [0.1, 0.15) is 5.76 Å². The van der Waals surface area contributed by atoms with Crippen LogP contribution in [0.4, 0.5) is 5.69 Å². The molecular weight excluding hydrogens is 322 g/mol. The van der Waals surface area contributed by atoms with Gasteiger partial charge < -0.3 is 25.1 Å². The molecule has 0 saturated heterocycles. The van der Waals surface area contributed by atoms with E-state index < -0.39 is 0 Å². The molecule has 0 bridgehead atoms. The Morgan fingerprint density at radius 2 is 1.92 bits per heavy atom. The summed E-state index contributed by atoms with van der Waals surface area (Å²) in [5.41, 5.74) is 1.34. The molecule has 0 aliphatic carbocycles. The Morgan fingerprint density at radius 1 is 1.12 bits per heavy atom. The largest absolute Gasteiger partial charge is 0.467 e. The Labute approximate surface area is 146 Å². The lowest BCUT2D eigenvalue weighted by atomic mass is 10.2. The lowest BCUT2D eigenvalue weighted by Gasteiger charge is -2.08. The molecule has 0 saturated carbocycles. The summed E-state index contributed by atoms with van der Waals surface area (Å²) >= 11 is 0. The highest BCUT2D eigenvalue weighted by atomic mass is 16.5. The topological polar surface area (TPSA) is 92.6 Å². The van der Waals surface area contributed by atoms with Gasteiger partial charge in [0.05, 0.1) is 19.4 Å². The third-order valence-corrected chi connectivity index (χ3v) is 3.45. The van der Waals surface area contributed by atoms with E-state index in [0.29, 0.717) is 31.0 Å². The van der Waals surface area contributed by atoms with Crippen LogP contribution in [-0.2, 0) is 16.1 Å². The number of anilines is 1. The number of nitrogens with one attached hydrogen (secondary N) is 3. The fraction of sp³-hybridized carbons (Fsp3) is 0.333. The second kappa shape index (κ2) is 10.1. The van der Waals surface area contributed by atoms with Crippen LogP contribution in [0.25, 0.3) is 0 Å². The van der Waals surface area contributed by atoms with E-state index in [1.807, 2.05) is 0 Å². The summed E-state index contributed by atoms with van der Waals surface area (Å²) in [7, 11) is 1.63. The maximum atomic E-state index is 11.9. The van der Waals surface area contributed by atoms with Crippen LogP contribution in [0, 0.1) is 0 Å². The monoisotopic (exact) mass is 345 g/mol. The van der Waals surface area contributed by atoms with Crippen molar-refractivity contribution in [3.63, 3.8) is 0 Å². The molecule has 0 atom stereocenters. The molecule has 1 aromatic carbocycles. The highest BCUT2D eigenvalue weighted by molar-refractivity contribution is 5.94. The van der Waals surface area contributed by atoms with Crippen LogP contribution in [0.3, 0.4) is 0 Å². The van der Waals surface area contributed by atoms with Gasteiger partial charge in [-0.25, -0.2) is 0 Å². The molecule has 3 N–H and O–H groups in total. The second-order valence-corrected chi connectivity index (χ2v) is 5.39. The summed E-state index contributed by atoms with van der Waals surface area (Å²) in [5.74, 6) is 0.435. The van der Waals surface area contributed by atoms with Crippen LogP contribution in [-0.4, -0.2) is 38.6 Å². The standard InChI is InChI=1S/C18H23N3O4/c1-24-10-3-9-19-18(23)14-5-7-15(8-6-14)20-13-17(22)21-12-16-4-2-11-25-16/h2,4-8,11,20H,3,9-10,12-13H2,1H3,(H,19,23)(H,21,22). The van der Waals surface area contributed by atoms with E-state index in [1.54, 1.807) is 49.8 Å². The van der Waals surface area contributed by atoms with Crippen LogP contribution in [0.5, 0.6) is 0 Å². The lowest BCUT2D eigenvalue weighted by Crippen LogP contribution is -2.29. The van der Waals surface area contributed by atoms with Gasteiger partial charge in [0.25, 0.3) is 5.91 Å². The first-order valence-electron chi connectivity index (χ1n) is 8.09. The summed E-state index contributed by atoms with van der Waals surface area (Å²) in [6, 6.07) is 10.5. The van der Waals surface area contributed by atoms with Crippen molar-refractivity contribution in [2.24, 2.45) is 0 Å². The van der Waals surface area contributed by atoms with Gasteiger partial charge >= 0.3 is 0 Å². The van der Waals surface area contributed by atoms with E-state index in [2.05, 4.69) is 16.0 Å². The van der Waals surface area contributed by atoms with Crippen LogP contribution in [0.1, 0.15) is 22.5 Å². The zero-order valence-corrected chi connectivity index (χ0v) is 14.2. The molecule has 0 aliphatic rings. The molecule has 7 heteroatoms. The molecule has 2 rings (SSSR count). The van der Waals surface area contributed by atoms with Crippen LogP contribution < -0.4 is 16.0 Å². The zero-order valence-electron chi connectivity index (χ0n) is 14.2. The molecule has 0 fully saturated rings. The third-order valence-electron chi connectivity index (χ3n) is 3.45. The average molecular weight is 345 g/mol. The number of carbonyl (C=O) groups excluding carboxylic acids is 2. The molecule has 1 aromatic heterocycles. The van der Waals surface area contributed by atoms with Gasteiger partial charge in [0.15, 0.2) is 0 Å². The van der Waals surface area contributed by atoms with Gasteiger partial charge in [0.2, 0.25) is 5.91 Å². The van der Waals surface area contributed by atoms with Crippen molar-refractivity contribution in [2.75, 3.05) is 32.1 Å². The van der Waals surface area contributed by atoms with Crippen molar-refractivity contribution in [2.45, 2.75) is 13.0 Å². The van der Waals surface area contributed by atoms with Gasteiger partial charge in [0, 0.05) is 31.5 Å². The number of hydrogen-bond donors (Lipinski definition) is 3. The summed E-state index contributed by atoms with van der Waals surface area (Å²) in [4.78, 5) is 23.7. The summed E-state index contributed by atoms with van der Waals surface area (Å²) < 4.78 is 10.1. The lowest BCUT2D eigenvalue weighted by molar-refractivity contribution is -0.119. The highest BCUT2D eigenvalue weighted by Crippen LogP contribution is 2.09. The number of furan rings is 1. The van der Waals surface area contributed by atoms with Crippen molar-refractivity contribution in [1.82, 2.24) is 10.6 Å². The zero-order chi connectivity index (χ0) is 17.9. The first-order chi connectivity index (χ1) is 12.2. The fourth-order valence-electron chi connectivity index (χ4n) is 2.10. The number of amides is 2. The smallest absolute Gasteiger partial charge is 0.251 e. The minimum absolute atomic E-state index is 0.126.